The maximum absolute atomic E-state index is 12.5. The van der Waals surface area contributed by atoms with Gasteiger partial charge in [0.15, 0.2) is 0 Å². The molecule has 1 aromatic heterocycles. The lowest BCUT2D eigenvalue weighted by atomic mass is 10.0. The number of aromatic nitrogens is 2. The van der Waals surface area contributed by atoms with Gasteiger partial charge in [0, 0.05) is 0 Å². The lowest BCUT2D eigenvalue weighted by Gasteiger charge is -2.24. The molecule has 1 unspecified atom stereocenters. The van der Waals surface area contributed by atoms with E-state index in [1.807, 2.05) is 0 Å². The van der Waals surface area contributed by atoms with E-state index >= 15 is 0 Å². The Balaban J connectivity index is 2.21. The number of carbonyl (C=O) groups is 2. The number of aryl methyl sites for hydroxylation is 1. The quantitative estimate of drug-likeness (QED) is 0.808. The van der Waals surface area contributed by atoms with Crippen molar-refractivity contribution in [2.24, 2.45) is 0 Å². The van der Waals surface area contributed by atoms with Crippen LogP contribution in [0, 0.1) is 0 Å². The lowest BCUT2D eigenvalue weighted by Crippen LogP contribution is -2.40. The number of hydrogen-bond acceptors (Lipinski definition) is 7. The molecule has 0 aromatic carbocycles. The molecule has 8 heteroatoms. The largest absolute Gasteiger partial charge is 0.467 e. The van der Waals surface area contributed by atoms with Crippen molar-refractivity contribution in [2.45, 2.75) is 51.8 Å². The molecule has 0 saturated heterocycles. The Morgan fingerprint density at radius 1 is 1.43 bits per heavy atom. The first-order valence-corrected chi connectivity index (χ1v) is 7.36. The number of fused-ring (bicyclic) bond motifs is 1. The zero-order chi connectivity index (χ0) is 17.2. The summed E-state index contributed by atoms with van der Waals surface area (Å²) in [7, 11) is 1.30. The van der Waals surface area contributed by atoms with Crippen molar-refractivity contribution in [1.29, 1.82) is 0 Å². The summed E-state index contributed by atoms with van der Waals surface area (Å²) >= 11 is 0. The molecule has 0 radical (unpaired) electrons. The number of nitrogens with one attached hydrogen (secondary N) is 1. The van der Waals surface area contributed by atoms with Gasteiger partial charge in [-0.2, -0.15) is 0 Å². The van der Waals surface area contributed by atoms with Gasteiger partial charge >= 0.3 is 11.9 Å². The number of anilines is 1. The number of methoxy groups -OCH3 is 1. The van der Waals surface area contributed by atoms with Crippen LogP contribution in [0.2, 0.25) is 0 Å². The van der Waals surface area contributed by atoms with Crippen LogP contribution in [0.4, 0.5) is 5.69 Å². The highest BCUT2D eigenvalue weighted by molar-refractivity contribution is 5.80. The second-order valence-electron chi connectivity index (χ2n) is 6.34. The smallest absolute Gasteiger partial charge is 0.328 e. The standard InChI is InChI=1S/C15H21N3O5/c1-15(2,3)23-11(19)7-18-8-16-9-5-6-10(14(21)22-4)17-12(9)13(18)20/h8,10,17H,5-7H2,1-4H3. The molecule has 1 aliphatic heterocycles. The van der Waals surface area contributed by atoms with E-state index in [4.69, 9.17) is 4.74 Å². The van der Waals surface area contributed by atoms with Crippen LogP contribution in [0.3, 0.4) is 0 Å². The molecule has 0 aliphatic carbocycles. The molecular weight excluding hydrogens is 302 g/mol. The molecule has 1 atom stereocenters. The van der Waals surface area contributed by atoms with Crippen LogP contribution in [0.25, 0.3) is 0 Å². The van der Waals surface area contributed by atoms with E-state index in [0.717, 1.165) is 0 Å². The Hall–Kier alpha value is -2.38. The van der Waals surface area contributed by atoms with Gasteiger partial charge in [-0.25, -0.2) is 9.78 Å². The highest BCUT2D eigenvalue weighted by Crippen LogP contribution is 2.19. The molecule has 0 spiro atoms. The highest BCUT2D eigenvalue weighted by atomic mass is 16.6. The number of hydrogen-bond donors (Lipinski definition) is 1. The van der Waals surface area contributed by atoms with Crippen LogP contribution in [0.1, 0.15) is 32.9 Å². The maximum Gasteiger partial charge on any atom is 0.328 e. The molecule has 0 saturated carbocycles. The van der Waals surface area contributed by atoms with Crippen LogP contribution in [-0.4, -0.2) is 40.2 Å². The van der Waals surface area contributed by atoms with Crippen LogP contribution in [0.15, 0.2) is 11.1 Å². The zero-order valence-corrected chi connectivity index (χ0v) is 13.7. The summed E-state index contributed by atoms with van der Waals surface area (Å²) in [6, 6.07) is -0.584. The Labute approximate surface area is 133 Å². The van der Waals surface area contributed by atoms with E-state index in [-0.39, 0.29) is 12.2 Å². The third-order valence-corrected chi connectivity index (χ3v) is 3.31. The predicted molar refractivity (Wildman–Crippen MR) is 82.1 cm³/mol. The summed E-state index contributed by atoms with van der Waals surface area (Å²) < 4.78 is 11.1. The van der Waals surface area contributed by atoms with Gasteiger partial charge in [-0.15, -0.1) is 0 Å². The first kappa shape index (κ1) is 17.0. The number of carbonyl (C=O) groups excluding carboxylic acids is 2. The third-order valence-electron chi connectivity index (χ3n) is 3.31. The van der Waals surface area contributed by atoms with Gasteiger partial charge in [0.2, 0.25) is 0 Å². The average Bonchev–Trinajstić information content (AvgIpc) is 2.47. The van der Waals surface area contributed by atoms with Crippen molar-refractivity contribution in [3.8, 4) is 0 Å². The maximum atomic E-state index is 12.5. The first-order valence-electron chi connectivity index (χ1n) is 7.36. The molecule has 8 nitrogen and oxygen atoms in total. The first-order chi connectivity index (χ1) is 10.7. The molecule has 126 valence electrons. The number of nitrogens with zero attached hydrogens (tertiary/aromatic N) is 2. The summed E-state index contributed by atoms with van der Waals surface area (Å²) in [5.41, 5.74) is -0.223. The predicted octanol–water partition coefficient (Wildman–Crippen LogP) is 0.485. The molecule has 1 N–H and O–H groups in total. The summed E-state index contributed by atoms with van der Waals surface area (Å²) in [6.07, 6.45) is 2.32. The summed E-state index contributed by atoms with van der Waals surface area (Å²) in [5, 5.41) is 2.86. The van der Waals surface area contributed by atoms with Crippen molar-refractivity contribution < 1.29 is 19.1 Å². The van der Waals surface area contributed by atoms with Crippen molar-refractivity contribution in [2.75, 3.05) is 12.4 Å². The number of ether oxygens (including phenoxy) is 2. The van der Waals surface area contributed by atoms with Crippen LogP contribution >= 0.6 is 0 Å². The van der Waals surface area contributed by atoms with E-state index < -0.39 is 29.1 Å². The fraction of sp³-hybridized carbons (Fsp3) is 0.600. The topological polar surface area (TPSA) is 99.5 Å². The van der Waals surface area contributed by atoms with Gasteiger partial charge in [0.1, 0.15) is 23.9 Å². The van der Waals surface area contributed by atoms with Gasteiger partial charge in [-0.3, -0.25) is 14.2 Å². The van der Waals surface area contributed by atoms with Gasteiger partial charge in [0.25, 0.3) is 5.56 Å². The fourth-order valence-electron chi connectivity index (χ4n) is 2.33. The highest BCUT2D eigenvalue weighted by Gasteiger charge is 2.28. The van der Waals surface area contributed by atoms with Crippen molar-refractivity contribution in [3.05, 3.63) is 22.4 Å². The molecule has 0 amide bonds. The van der Waals surface area contributed by atoms with Gasteiger partial charge in [-0.05, 0) is 33.6 Å². The molecule has 2 rings (SSSR count). The SMILES string of the molecule is COC(=O)C1CCc2ncn(CC(=O)OC(C)(C)C)c(=O)c2N1. The molecule has 1 aliphatic rings. The monoisotopic (exact) mass is 323 g/mol. The van der Waals surface area contributed by atoms with Gasteiger partial charge in [-0.1, -0.05) is 0 Å². The molecule has 1 aromatic rings. The minimum absolute atomic E-state index is 0.234. The second-order valence-corrected chi connectivity index (χ2v) is 6.34. The second kappa shape index (κ2) is 6.39. The van der Waals surface area contributed by atoms with Crippen molar-refractivity contribution in [1.82, 2.24) is 9.55 Å². The Bertz CT molecular complexity index is 675. The summed E-state index contributed by atoms with van der Waals surface area (Å²) in [5.74, 6) is -0.959. The average molecular weight is 323 g/mol. The summed E-state index contributed by atoms with van der Waals surface area (Å²) in [4.78, 5) is 40.1. The Kier molecular flexibility index (Phi) is 4.72. The molecule has 23 heavy (non-hydrogen) atoms. The van der Waals surface area contributed by atoms with E-state index in [2.05, 4.69) is 15.0 Å². The van der Waals surface area contributed by atoms with Gasteiger partial charge < -0.3 is 14.8 Å². The molecule has 2 heterocycles. The lowest BCUT2D eigenvalue weighted by molar-refractivity contribution is -0.155. The van der Waals surface area contributed by atoms with E-state index in [9.17, 15) is 14.4 Å². The van der Waals surface area contributed by atoms with E-state index in [1.54, 1.807) is 20.8 Å². The van der Waals surface area contributed by atoms with Crippen molar-refractivity contribution in [3.63, 3.8) is 0 Å². The Morgan fingerprint density at radius 3 is 2.74 bits per heavy atom. The minimum Gasteiger partial charge on any atom is -0.467 e. The van der Waals surface area contributed by atoms with E-state index in [0.29, 0.717) is 18.5 Å². The van der Waals surface area contributed by atoms with Crippen LogP contribution < -0.4 is 10.9 Å². The third kappa shape index (κ3) is 4.08. The number of rotatable bonds is 3. The van der Waals surface area contributed by atoms with E-state index in [1.165, 1.54) is 18.0 Å². The number of esters is 2. The zero-order valence-electron chi connectivity index (χ0n) is 13.7. The normalized spacial score (nSPS) is 17.0. The Morgan fingerprint density at radius 2 is 2.13 bits per heavy atom. The fourth-order valence-corrected chi connectivity index (χ4v) is 2.33. The molecular formula is C15H21N3O5. The van der Waals surface area contributed by atoms with Crippen LogP contribution in [-0.2, 0) is 32.0 Å². The molecule has 0 fully saturated rings. The summed E-state index contributed by atoms with van der Waals surface area (Å²) in [6.45, 7) is 5.02. The van der Waals surface area contributed by atoms with Gasteiger partial charge in [0.05, 0.1) is 19.1 Å². The van der Waals surface area contributed by atoms with Crippen molar-refractivity contribution >= 4 is 17.6 Å². The minimum atomic E-state index is -0.628. The van der Waals surface area contributed by atoms with Crippen LogP contribution in [0.5, 0.6) is 0 Å². The molecule has 0 bridgehead atoms.